The lowest BCUT2D eigenvalue weighted by atomic mass is 9.86. The molecule has 0 bridgehead atoms. The maximum absolute atomic E-state index is 6.45. The summed E-state index contributed by atoms with van der Waals surface area (Å²) in [7, 11) is 0. The number of unbranched alkanes of at least 4 members (excludes halogenated alkanes) is 1. The minimum absolute atomic E-state index is 0.424. The first-order valence-corrected chi connectivity index (χ1v) is 9.78. The Morgan fingerprint density at radius 3 is 2.73 bits per heavy atom. The van der Waals surface area contributed by atoms with Gasteiger partial charge in [-0.25, -0.2) is 0 Å². The predicted molar refractivity (Wildman–Crippen MR) is 109 cm³/mol. The van der Waals surface area contributed by atoms with Crippen LogP contribution in [-0.2, 0) is 4.74 Å². The van der Waals surface area contributed by atoms with Crippen LogP contribution in [0.4, 0.5) is 0 Å². The number of allylic oxidation sites excluding steroid dienone is 3. The third-order valence-corrected chi connectivity index (χ3v) is 5.11. The molecule has 2 aromatic rings. The standard InChI is InChI=1S/C23H26ClNO/c1-3-4-8-22(18-11-13-20(24)14-12-18)26-23-16-19(10-9-17(23)2)21-7-5-6-15-25-21/h5-8,11-15,19H,3-4,9-10,16H2,1-2H3. The Kier molecular flexibility index (Phi) is 6.51. The molecule has 1 heterocycles. The Bertz CT molecular complexity index is 778. The molecule has 26 heavy (non-hydrogen) atoms. The first-order valence-electron chi connectivity index (χ1n) is 9.41. The maximum Gasteiger partial charge on any atom is 0.130 e. The SMILES string of the molecule is CCCC=C(OC1=C(C)CCC(c2ccccn2)C1)c1ccc(Cl)cc1. The highest BCUT2D eigenvalue weighted by Gasteiger charge is 2.23. The van der Waals surface area contributed by atoms with E-state index in [2.05, 4.69) is 37.0 Å². The lowest BCUT2D eigenvalue weighted by molar-refractivity contribution is 0.323. The average molecular weight is 368 g/mol. The molecule has 0 amide bonds. The van der Waals surface area contributed by atoms with E-state index in [0.717, 1.165) is 59.9 Å². The monoisotopic (exact) mass is 367 g/mol. The third kappa shape index (κ3) is 4.76. The van der Waals surface area contributed by atoms with Crippen molar-refractivity contribution in [1.29, 1.82) is 0 Å². The van der Waals surface area contributed by atoms with E-state index in [1.807, 2.05) is 36.5 Å². The zero-order chi connectivity index (χ0) is 18.4. The molecule has 1 aromatic carbocycles. The van der Waals surface area contributed by atoms with Gasteiger partial charge in [0, 0.05) is 34.8 Å². The molecule has 136 valence electrons. The van der Waals surface area contributed by atoms with Crippen LogP contribution in [0.15, 0.2) is 66.1 Å². The molecule has 0 N–H and O–H groups in total. The van der Waals surface area contributed by atoms with Gasteiger partial charge in [0.15, 0.2) is 0 Å². The fourth-order valence-electron chi connectivity index (χ4n) is 3.27. The van der Waals surface area contributed by atoms with E-state index in [4.69, 9.17) is 16.3 Å². The highest BCUT2D eigenvalue weighted by molar-refractivity contribution is 6.30. The smallest absolute Gasteiger partial charge is 0.130 e. The molecule has 1 aliphatic carbocycles. The Balaban J connectivity index is 1.81. The number of pyridine rings is 1. The summed E-state index contributed by atoms with van der Waals surface area (Å²) in [5.74, 6) is 2.44. The topological polar surface area (TPSA) is 22.1 Å². The molecule has 0 fully saturated rings. The van der Waals surface area contributed by atoms with Gasteiger partial charge in [0.2, 0.25) is 0 Å². The molecule has 0 saturated heterocycles. The van der Waals surface area contributed by atoms with Crippen molar-refractivity contribution in [2.75, 3.05) is 0 Å². The number of hydrogen-bond acceptors (Lipinski definition) is 2. The fourth-order valence-corrected chi connectivity index (χ4v) is 3.40. The summed E-state index contributed by atoms with van der Waals surface area (Å²) in [5.41, 5.74) is 3.57. The van der Waals surface area contributed by atoms with Crippen molar-refractivity contribution < 1.29 is 4.74 Å². The number of nitrogens with zero attached hydrogens (tertiary/aromatic N) is 1. The lowest BCUT2D eigenvalue weighted by Crippen LogP contribution is -2.11. The third-order valence-electron chi connectivity index (χ3n) is 4.86. The van der Waals surface area contributed by atoms with Crippen molar-refractivity contribution in [3.05, 3.63) is 82.3 Å². The summed E-state index contributed by atoms with van der Waals surface area (Å²) in [4.78, 5) is 4.55. The molecule has 1 atom stereocenters. The first-order chi connectivity index (χ1) is 12.7. The molecule has 1 unspecified atom stereocenters. The molecule has 0 saturated carbocycles. The van der Waals surface area contributed by atoms with Gasteiger partial charge in [0.25, 0.3) is 0 Å². The molecule has 0 radical (unpaired) electrons. The van der Waals surface area contributed by atoms with Crippen molar-refractivity contribution in [2.24, 2.45) is 0 Å². The Labute approximate surface area is 161 Å². The predicted octanol–water partition coefficient (Wildman–Crippen LogP) is 7.13. The second-order valence-electron chi connectivity index (χ2n) is 6.86. The van der Waals surface area contributed by atoms with Crippen LogP contribution in [0.3, 0.4) is 0 Å². The van der Waals surface area contributed by atoms with E-state index >= 15 is 0 Å². The molecule has 3 heteroatoms. The number of benzene rings is 1. The van der Waals surface area contributed by atoms with Crippen LogP contribution in [0.1, 0.15) is 63.1 Å². The van der Waals surface area contributed by atoms with Crippen LogP contribution in [0.25, 0.3) is 5.76 Å². The second kappa shape index (κ2) is 9.05. The molecule has 1 aromatic heterocycles. The molecule has 0 aliphatic heterocycles. The van der Waals surface area contributed by atoms with Crippen molar-refractivity contribution in [3.63, 3.8) is 0 Å². The Morgan fingerprint density at radius 1 is 1.23 bits per heavy atom. The van der Waals surface area contributed by atoms with E-state index in [1.165, 1.54) is 5.57 Å². The van der Waals surface area contributed by atoms with Crippen LogP contribution >= 0.6 is 11.6 Å². The Hall–Kier alpha value is -2.06. The van der Waals surface area contributed by atoms with Crippen molar-refractivity contribution in [2.45, 2.75) is 51.9 Å². The number of ether oxygens (including phenoxy) is 1. The number of halogens is 1. The minimum atomic E-state index is 0.424. The quantitative estimate of drug-likeness (QED) is 0.506. The van der Waals surface area contributed by atoms with Gasteiger partial charge in [-0.15, -0.1) is 0 Å². The van der Waals surface area contributed by atoms with E-state index < -0.39 is 0 Å². The lowest BCUT2D eigenvalue weighted by Gasteiger charge is -2.26. The summed E-state index contributed by atoms with van der Waals surface area (Å²) in [6.07, 6.45) is 9.24. The summed E-state index contributed by atoms with van der Waals surface area (Å²) >= 11 is 6.05. The number of rotatable bonds is 6. The van der Waals surface area contributed by atoms with Crippen LogP contribution in [0, 0.1) is 0 Å². The highest BCUT2D eigenvalue weighted by Crippen LogP contribution is 2.38. The number of aromatic nitrogens is 1. The summed E-state index contributed by atoms with van der Waals surface area (Å²) < 4.78 is 6.45. The summed E-state index contributed by atoms with van der Waals surface area (Å²) in [6, 6.07) is 14.0. The van der Waals surface area contributed by atoms with Gasteiger partial charge in [0.1, 0.15) is 11.5 Å². The minimum Gasteiger partial charge on any atom is -0.461 e. The number of hydrogen-bond donors (Lipinski definition) is 0. The molecular weight excluding hydrogens is 342 g/mol. The highest BCUT2D eigenvalue weighted by atomic mass is 35.5. The average Bonchev–Trinajstić information content (AvgIpc) is 2.68. The fraction of sp³-hybridized carbons (Fsp3) is 0.348. The van der Waals surface area contributed by atoms with E-state index in [1.54, 1.807) is 0 Å². The normalized spacial score (nSPS) is 18.1. The van der Waals surface area contributed by atoms with Crippen LogP contribution < -0.4 is 0 Å². The van der Waals surface area contributed by atoms with E-state index in [9.17, 15) is 0 Å². The molecular formula is C23H26ClNO. The molecule has 2 nitrogen and oxygen atoms in total. The Morgan fingerprint density at radius 2 is 2.04 bits per heavy atom. The summed E-state index contributed by atoms with van der Waals surface area (Å²) in [5, 5.41) is 0.742. The van der Waals surface area contributed by atoms with Crippen LogP contribution in [0.2, 0.25) is 5.02 Å². The largest absolute Gasteiger partial charge is 0.461 e. The first kappa shape index (κ1) is 18.7. The second-order valence-corrected chi connectivity index (χ2v) is 7.30. The van der Waals surface area contributed by atoms with Gasteiger partial charge >= 0.3 is 0 Å². The maximum atomic E-state index is 6.45. The molecule has 0 spiro atoms. The van der Waals surface area contributed by atoms with Gasteiger partial charge in [-0.05, 0) is 74.2 Å². The van der Waals surface area contributed by atoms with Gasteiger partial charge < -0.3 is 4.74 Å². The molecule has 3 rings (SSSR count). The van der Waals surface area contributed by atoms with Crippen LogP contribution in [0.5, 0.6) is 0 Å². The molecule has 1 aliphatic rings. The van der Waals surface area contributed by atoms with Crippen molar-refractivity contribution >= 4 is 17.4 Å². The van der Waals surface area contributed by atoms with Gasteiger partial charge in [-0.2, -0.15) is 0 Å². The zero-order valence-corrected chi connectivity index (χ0v) is 16.3. The van der Waals surface area contributed by atoms with Gasteiger partial charge in [-0.1, -0.05) is 31.0 Å². The van der Waals surface area contributed by atoms with Crippen molar-refractivity contribution in [3.8, 4) is 0 Å². The van der Waals surface area contributed by atoms with E-state index in [0.29, 0.717) is 5.92 Å². The zero-order valence-electron chi connectivity index (χ0n) is 15.5. The van der Waals surface area contributed by atoms with Gasteiger partial charge in [0.05, 0.1) is 0 Å². The van der Waals surface area contributed by atoms with Gasteiger partial charge in [-0.3, -0.25) is 4.98 Å². The van der Waals surface area contributed by atoms with Crippen molar-refractivity contribution in [1.82, 2.24) is 4.98 Å². The summed E-state index contributed by atoms with van der Waals surface area (Å²) in [6.45, 7) is 4.36. The van der Waals surface area contributed by atoms with Crippen LogP contribution in [-0.4, -0.2) is 4.98 Å². The van der Waals surface area contributed by atoms with E-state index in [-0.39, 0.29) is 0 Å².